The summed E-state index contributed by atoms with van der Waals surface area (Å²) in [5.74, 6) is 0.602. The van der Waals surface area contributed by atoms with E-state index in [-0.39, 0.29) is 0 Å². The van der Waals surface area contributed by atoms with Gasteiger partial charge in [-0.15, -0.1) is 0 Å². The molecule has 0 amide bonds. The first-order valence-corrected chi connectivity index (χ1v) is 7.98. The highest BCUT2D eigenvalue weighted by atomic mass is 19.1. The van der Waals surface area contributed by atoms with Crippen molar-refractivity contribution >= 4 is 17.0 Å². The zero-order valence-corrected chi connectivity index (χ0v) is 13.5. The maximum Gasteiger partial charge on any atom is 0.183 e. The maximum absolute atomic E-state index is 15.3. The third kappa shape index (κ3) is 2.11. The third-order valence-corrected chi connectivity index (χ3v) is 5.07. The molecule has 0 unspecified atom stereocenters. The van der Waals surface area contributed by atoms with Gasteiger partial charge in [-0.3, -0.25) is 4.57 Å². The Hall–Kier alpha value is -1.84. The van der Waals surface area contributed by atoms with E-state index in [0.29, 0.717) is 23.0 Å². The highest BCUT2D eigenvalue weighted by molar-refractivity contribution is 5.83. The molecule has 0 radical (unpaired) electrons. The number of aliphatic hydroxyl groups excluding tert-OH is 1. The molecule has 24 heavy (non-hydrogen) atoms. The lowest BCUT2D eigenvalue weighted by Gasteiger charge is -2.32. The second-order valence-electron chi connectivity index (χ2n) is 6.85. The topological polar surface area (TPSA) is 105 Å². The fourth-order valence-corrected chi connectivity index (χ4v) is 3.08. The predicted octanol–water partition coefficient (Wildman–Crippen LogP) is 0.769. The number of nitrogens with zero attached hydrogens (tertiary/aromatic N) is 4. The van der Waals surface area contributed by atoms with E-state index >= 15 is 4.39 Å². The molecule has 0 bridgehead atoms. The number of nitrogens with one attached hydrogen (secondary N) is 1. The number of hydrogen-bond donors (Lipinski definition) is 3. The van der Waals surface area contributed by atoms with Gasteiger partial charge in [0.25, 0.3) is 0 Å². The molecular weight excluding hydrogens is 317 g/mol. The average Bonchev–Trinajstić information content (AvgIpc) is 3.21. The standard InChI is InChI=1S/C15H20FN5O3/c1-14(16)13(24-9(5-22)15(14,2)23)21-7-19-10-11(20-8-3-4-8)17-6-18-12(10)21/h6-9,13,22-23H,3-5H2,1-2H3,(H,17,18,20)/t9-,13-,14+,15+/m1/s1. The van der Waals surface area contributed by atoms with Gasteiger partial charge in [-0.2, -0.15) is 0 Å². The SMILES string of the molecule is C[C@]1(O)[C@@H](CO)O[C@@H](n2cnc3c(NC4CC4)ncnc32)[C@]1(C)F. The van der Waals surface area contributed by atoms with Crippen LogP contribution in [-0.4, -0.2) is 59.8 Å². The van der Waals surface area contributed by atoms with Gasteiger partial charge in [0.05, 0.1) is 12.9 Å². The van der Waals surface area contributed by atoms with E-state index in [9.17, 15) is 10.2 Å². The molecule has 1 saturated carbocycles. The first-order valence-electron chi connectivity index (χ1n) is 7.98. The molecule has 1 aliphatic carbocycles. The summed E-state index contributed by atoms with van der Waals surface area (Å²) in [6.07, 6.45) is 2.79. The van der Waals surface area contributed by atoms with E-state index in [0.717, 1.165) is 12.8 Å². The highest BCUT2D eigenvalue weighted by Gasteiger charge is 2.63. The Labute approximate surface area is 137 Å². The van der Waals surface area contributed by atoms with Crippen LogP contribution in [0.3, 0.4) is 0 Å². The molecule has 4 rings (SSSR count). The van der Waals surface area contributed by atoms with Crippen molar-refractivity contribution < 1.29 is 19.3 Å². The minimum Gasteiger partial charge on any atom is -0.394 e. The molecule has 0 spiro atoms. The Morgan fingerprint density at radius 1 is 1.38 bits per heavy atom. The number of halogens is 1. The maximum atomic E-state index is 15.3. The number of rotatable bonds is 4. The van der Waals surface area contributed by atoms with Crippen LogP contribution in [0.4, 0.5) is 10.2 Å². The van der Waals surface area contributed by atoms with E-state index in [1.807, 2.05) is 0 Å². The highest BCUT2D eigenvalue weighted by Crippen LogP contribution is 2.48. The van der Waals surface area contributed by atoms with E-state index in [1.165, 1.54) is 31.1 Å². The van der Waals surface area contributed by atoms with Gasteiger partial charge in [0, 0.05) is 6.04 Å². The molecule has 3 N–H and O–H groups in total. The van der Waals surface area contributed by atoms with Crippen LogP contribution < -0.4 is 5.32 Å². The third-order valence-electron chi connectivity index (χ3n) is 5.07. The lowest BCUT2D eigenvalue weighted by molar-refractivity contribution is -0.0891. The summed E-state index contributed by atoms with van der Waals surface area (Å²) in [7, 11) is 0. The number of fused-ring (bicyclic) bond motifs is 1. The molecule has 1 saturated heterocycles. The van der Waals surface area contributed by atoms with Crippen molar-refractivity contribution in [3.63, 3.8) is 0 Å². The second kappa shape index (κ2) is 5.08. The number of anilines is 1. The van der Waals surface area contributed by atoms with Crippen molar-refractivity contribution in [2.24, 2.45) is 0 Å². The van der Waals surface area contributed by atoms with Crippen molar-refractivity contribution in [2.45, 2.75) is 56.3 Å². The number of alkyl halides is 1. The zero-order valence-electron chi connectivity index (χ0n) is 13.5. The lowest BCUT2D eigenvalue weighted by Crippen LogP contribution is -2.51. The molecule has 2 aliphatic rings. The number of hydrogen-bond acceptors (Lipinski definition) is 7. The fraction of sp³-hybridized carbons (Fsp3) is 0.667. The van der Waals surface area contributed by atoms with Crippen LogP contribution in [-0.2, 0) is 4.74 Å². The molecule has 2 aromatic heterocycles. The van der Waals surface area contributed by atoms with Gasteiger partial charge in [0.1, 0.15) is 18.0 Å². The number of imidazole rings is 1. The van der Waals surface area contributed by atoms with Crippen LogP contribution in [0.25, 0.3) is 11.2 Å². The van der Waals surface area contributed by atoms with Gasteiger partial charge in [0.15, 0.2) is 28.9 Å². The Bertz CT molecular complexity index is 774. The first-order chi connectivity index (χ1) is 11.4. The minimum atomic E-state index is -2.14. The van der Waals surface area contributed by atoms with E-state index in [1.54, 1.807) is 0 Å². The van der Waals surface area contributed by atoms with Gasteiger partial charge in [-0.25, -0.2) is 19.3 Å². The predicted molar refractivity (Wildman–Crippen MR) is 83.1 cm³/mol. The van der Waals surface area contributed by atoms with Crippen molar-refractivity contribution in [3.8, 4) is 0 Å². The summed E-state index contributed by atoms with van der Waals surface area (Å²) in [5, 5.41) is 23.1. The van der Waals surface area contributed by atoms with E-state index < -0.39 is 30.2 Å². The number of ether oxygens (including phenoxy) is 1. The summed E-state index contributed by atoms with van der Waals surface area (Å²) in [4.78, 5) is 12.7. The summed E-state index contributed by atoms with van der Waals surface area (Å²) < 4.78 is 22.3. The fourth-order valence-electron chi connectivity index (χ4n) is 3.08. The van der Waals surface area contributed by atoms with Crippen molar-refractivity contribution in [2.75, 3.05) is 11.9 Å². The molecular formula is C15H20FN5O3. The Kier molecular flexibility index (Phi) is 3.32. The summed E-state index contributed by atoms with van der Waals surface area (Å²) in [5.41, 5.74) is -3.04. The van der Waals surface area contributed by atoms with Gasteiger partial charge in [-0.05, 0) is 26.7 Å². The van der Waals surface area contributed by atoms with Crippen molar-refractivity contribution in [1.82, 2.24) is 19.5 Å². The van der Waals surface area contributed by atoms with Crippen molar-refractivity contribution in [1.29, 1.82) is 0 Å². The summed E-state index contributed by atoms with van der Waals surface area (Å²) in [6.45, 7) is 2.09. The van der Waals surface area contributed by atoms with Gasteiger partial charge >= 0.3 is 0 Å². The summed E-state index contributed by atoms with van der Waals surface area (Å²) >= 11 is 0. The molecule has 1 aliphatic heterocycles. The zero-order chi connectivity index (χ0) is 17.1. The normalized spacial score (nSPS) is 36.4. The summed E-state index contributed by atoms with van der Waals surface area (Å²) in [6, 6.07) is 0.391. The smallest absolute Gasteiger partial charge is 0.183 e. The minimum absolute atomic E-state index is 0.391. The lowest BCUT2D eigenvalue weighted by atomic mass is 9.85. The van der Waals surface area contributed by atoms with Crippen molar-refractivity contribution in [3.05, 3.63) is 12.7 Å². The number of aromatic nitrogens is 4. The second-order valence-corrected chi connectivity index (χ2v) is 6.85. The quantitative estimate of drug-likeness (QED) is 0.757. The Morgan fingerprint density at radius 2 is 2.12 bits per heavy atom. The largest absolute Gasteiger partial charge is 0.394 e. The van der Waals surface area contributed by atoms with E-state index in [4.69, 9.17) is 4.74 Å². The van der Waals surface area contributed by atoms with E-state index in [2.05, 4.69) is 20.3 Å². The van der Waals surface area contributed by atoms with Crippen LogP contribution in [0.1, 0.15) is 32.9 Å². The monoisotopic (exact) mass is 337 g/mol. The number of aliphatic hydroxyl groups is 2. The first kappa shape index (κ1) is 15.7. The molecule has 9 heteroatoms. The van der Waals surface area contributed by atoms with Gasteiger partial charge in [0.2, 0.25) is 0 Å². The van der Waals surface area contributed by atoms with Crippen LogP contribution in [0.2, 0.25) is 0 Å². The molecule has 2 fully saturated rings. The Morgan fingerprint density at radius 3 is 2.75 bits per heavy atom. The van der Waals surface area contributed by atoms with Gasteiger partial charge < -0.3 is 20.3 Å². The average molecular weight is 337 g/mol. The molecule has 3 heterocycles. The Balaban J connectivity index is 1.77. The molecule has 2 aromatic rings. The van der Waals surface area contributed by atoms with Crippen LogP contribution in [0.15, 0.2) is 12.7 Å². The molecule has 0 aromatic carbocycles. The van der Waals surface area contributed by atoms with Gasteiger partial charge in [-0.1, -0.05) is 0 Å². The molecule has 4 atom stereocenters. The van der Waals surface area contributed by atoms with Crippen LogP contribution in [0.5, 0.6) is 0 Å². The molecule has 130 valence electrons. The van der Waals surface area contributed by atoms with Crippen LogP contribution >= 0.6 is 0 Å². The molecule has 8 nitrogen and oxygen atoms in total. The van der Waals surface area contributed by atoms with Crippen LogP contribution in [0, 0.1) is 0 Å².